The minimum absolute atomic E-state index is 0.115. The minimum atomic E-state index is -0.424. The number of anilines is 1. The molecular weight excluding hydrogens is 332 g/mol. The van der Waals surface area contributed by atoms with Gasteiger partial charge in [-0.25, -0.2) is 0 Å². The van der Waals surface area contributed by atoms with Crippen molar-refractivity contribution >= 4 is 23.4 Å². The molecule has 0 saturated heterocycles. The number of ether oxygens (including phenoxy) is 1. The number of imide groups is 1. The number of amides is 3. The Labute approximate surface area is 151 Å². The highest BCUT2D eigenvalue weighted by Crippen LogP contribution is 2.34. The monoisotopic (exact) mass is 350 g/mol. The molecule has 2 aromatic carbocycles. The molecule has 26 heavy (non-hydrogen) atoms. The van der Waals surface area contributed by atoms with E-state index in [2.05, 4.69) is 0 Å². The summed E-state index contributed by atoms with van der Waals surface area (Å²) in [6, 6.07) is 13.9. The zero-order valence-corrected chi connectivity index (χ0v) is 14.3. The number of hydrogen-bond donors (Lipinski definition) is 0. The van der Waals surface area contributed by atoms with Gasteiger partial charge in [-0.3, -0.25) is 19.3 Å². The van der Waals surface area contributed by atoms with Crippen molar-refractivity contribution in [3.8, 4) is 5.75 Å². The van der Waals surface area contributed by atoms with Gasteiger partial charge in [0.05, 0.1) is 23.4 Å². The van der Waals surface area contributed by atoms with Gasteiger partial charge in [-0.1, -0.05) is 31.2 Å². The summed E-state index contributed by atoms with van der Waals surface area (Å²) in [7, 11) is 0. The van der Waals surface area contributed by atoms with E-state index in [1.807, 2.05) is 31.2 Å². The molecule has 2 aliphatic rings. The van der Waals surface area contributed by atoms with Gasteiger partial charge in [0.25, 0.3) is 11.8 Å². The van der Waals surface area contributed by atoms with Gasteiger partial charge in [-0.05, 0) is 30.7 Å². The summed E-state index contributed by atoms with van der Waals surface area (Å²) < 4.78 is 5.88. The number of fused-ring (bicyclic) bond motifs is 2. The highest BCUT2D eigenvalue weighted by molar-refractivity contribution is 6.22. The standard InChI is InChI=1S/C20H18N2O4/c1-2-13-11-21(16-9-5-6-10-17(16)26-13)18(23)12-22-19(24)14-7-3-4-8-15(14)20(22)25/h3-10,13H,2,11-12H2,1H3. The van der Waals surface area contributed by atoms with E-state index in [0.29, 0.717) is 29.1 Å². The zero-order valence-electron chi connectivity index (χ0n) is 14.3. The highest BCUT2D eigenvalue weighted by Gasteiger charge is 2.38. The van der Waals surface area contributed by atoms with E-state index in [9.17, 15) is 14.4 Å². The van der Waals surface area contributed by atoms with Crippen LogP contribution in [0.1, 0.15) is 34.1 Å². The van der Waals surface area contributed by atoms with Crippen molar-refractivity contribution in [3.63, 3.8) is 0 Å². The maximum atomic E-state index is 12.9. The van der Waals surface area contributed by atoms with E-state index in [0.717, 1.165) is 11.3 Å². The molecule has 4 rings (SSSR count). The number of carbonyl (C=O) groups excluding carboxylic acids is 3. The quantitative estimate of drug-likeness (QED) is 0.798. The summed E-state index contributed by atoms with van der Waals surface area (Å²) in [4.78, 5) is 40.6. The number of rotatable bonds is 3. The van der Waals surface area contributed by atoms with Crippen LogP contribution < -0.4 is 9.64 Å². The summed E-state index contributed by atoms with van der Waals surface area (Å²) in [5, 5.41) is 0. The fourth-order valence-corrected chi connectivity index (χ4v) is 3.35. The molecule has 2 aromatic rings. The molecule has 6 nitrogen and oxygen atoms in total. The third kappa shape index (κ3) is 2.54. The smallest absolute Gasteiger partial charge is 0.262 e. The third-order valence-electron chi connectivity index (χ3n) is 4.76. The second-order valence-electron chi connectivity index (χ2n) is 6.36. The lowest BCUT2D eigenvalue weighted by Gasteiger charge is -2.35. The first kappa shape index (κ1) is 16.3. The lowest BCUT2D eigenvalue weighted by Crippen LogP contribution is -2.48. The van der Waals surface area contributed by atoms with Crippen molar-refractivity contribution in [2.24, 2.45) is 0 Å². The predicted molar refractivity (Wildman–Crippen MR) is 95.3 cm³/mol. The SMILES string of the molecule is CCC1CN(C(=O)CN2C(=O)c3ccccc3C2=O)c2ccccc2O1. The number of carbonyl (C=O) groups is 3. The third-order valence-corrected chi connectivity index (χ3v) is 4.76. The first-order valence-electron chi connectivity index (χ1n) is 8.61. The maximum absolute atomic E-state index is 12.9. The average molecular weight is 350 g/mol. The molecule has 2 aliphatic heterocycles. The Morgan fingerprint density at radius 1 is 1.04 bits per heavy atom. The molecular formula is C20H18N2O4. The van der Waals surface area contributed by atoms with E-state index < -0.39 is 11.8 Å². The van der Waals surface area contributed by atoms with E-state index >= 15 is 0 Å². The Hall–Kier alpha value is -3.15. The van der Waals surface area contributed by atoms with Crippen LogP contribution in [-0.4, -0.2) is 41.8 Å². The average Bonchev–Trinajstić information content (AvgIpc) is 2.92. The van der Waals surface area contributed by atoms with Crippen LogP contribution in [0.3, 0.4) is 0 Å². The van der Waals surface area contributed by atoms with Gasteiger partial charge in [0.15, 0.2) is 0 Å². The van der Waals surface area contributed by atoms with Gasteiger partial charge >= 0.3 is 0 Å². The minimum Gasteiger partial charge on any atom is -0.486 e. The van der Waals surface area contributed by atoms with Crippen LogP contribution in [0.4, 0.5) is 5.69 Å². The lowest BCUT2D eigenvalue weighted by molar-refractivity contribution is -0.119. The van der Waals surface area contributed by atoms with Crippen molar-refractivity contribution in [2.45, 2.75) is 19.4 Å². The maximum Gasteiger partial charge on any atom is 0.262 e. The van der Waals surface area contributed by atoms with Gasteiger partial charge < -0.3 is 9.64 Å². The van der Waals surface area contributed by atoms with E-state index in [1.54, 1.807) is 29.2 Å². The van der Waals surface area contributed by atoms with Gasteiger partial charge in [-0.15, -0.1) is 0 Å². The number of hydrogen-bond acceptors (Lipinski definition) is 4. The molecule has 0 radical (unpaired) electrons. The van der Waals surface area contributed by atoms with Crippen LogP contribution in [0.2, 0.25) is 0 Å². The molecule has 0 saturated carbocycles. The van der Waals surface area contributed by atoms with Crippen LogP contribution in [-0.2, 0) is 4.79 Å². The molecule has 0 aliphatic carbocycles. The van der Waals surface area contributed by atoms with Gasteiger partial charge in [0.2, 0.25) is 5.91 Å². The predicted octanol–water partition coefficient (Wildman–Crippen LogP) is 2.49. The molecule has 0 aromatic heterocycles. The molecule has 0 fully saturated rings. The van der Waals surface area contributed by atoms with Crippen molar-refractivity contribution < 1.29 is 19.1 Å². The molecule has 6 heteroatoms. The number of nitrogens with zero attached hydrogens (tertiary/aromatic N) is 2. The molecule has 0 spiro atoms. The van der Waals surface area contributed by atoms with Crippen molar-refractivity contribution in [1.82, 2.24) is 4.90 Å². The second kappa shape index (κ2) is 6.29. The first-order valence-corrected chi connectivity index (χ1v) is 8.61. The summed E-state index contributed by atoms with van der Waals surface area (Å²) in [5.41, 5.74) is 1.36. The van der Waals surface area contributed by atoms with E-state index in [-0.39, 0.29) is 18.6 Å². The van der Waals surface area contributed by atoms with E-state index in [1.165, 1.54) is 0 Å². The molecule has 132 valence electrons. The normalized spacial score (nSPS) is 18.4. The first-order chi connectivity index (χ1) is 12.6. The van der Waals surface area contributed by atoms with Crippen LogP contribution in [0.15, 0.2) is 48.5 Å². The lowest BCUT2D eigenvalue weighted by atomic mass is 10.1. The van der Waals surface area contributed by atoms with Crippen LogP contribution in [0.5, 0.6) is 5.75 Å². The van der Waals surface area contributed by atoms with Crippen LogP contribution in [0.25, 0.3) is 0 Å². The fraction of sp³-hybridized carbons (Fsp3) is 0.250. The molecule has 0 N–H and O–H groups in total. The second-order valence-corrected chi connectivity index (χ2v) is 6.36. The Kier molecular flexibility index (Phi) is 3.95. The summed E-state index contributed by atoms with van der Waals surface area (Å²) >= 11 is 0. The Morgan fingerprint density at radius 3 is 2.31 bits per heavy atom. The highest BCUT2D eigenvalue weighted by atomic mass is 16.5. The van der Waals surface area contributed by atoms with E-state index in [4.69, 9.17) is 4.74 Å². The Morgan fingerprint density at radius 2 is 1.65 bits per heavy atom. The van der Waals surface area contributed by atoms with Crippen LogP contribution >= 0.6 is 0 Å². The fourth-order valence-electron chi connectivity index (χ4n) is 3.35. The summed E-state index contributed by atoms with van der Waals surface area (Å²) in [5.74, 6) is -0.505. The topological polar surface area (TPSA) is 66.9 Å². The molecule has 3 amide bonds. The summed E-state index contributed by atoms with van der Waals surface area (Å²) in [6.07, 6.45) is 0.640. The Balaban J connectivity index is 1.60. The molecule has 2 heterocycles. The largest absolute Gasteiger partial charge is 0.486 e. The van der Waals surface area contributed by atoms with Crippen molar-refractivity contribution in [2.75, 3.05) is 18.0 Å². The number of para-hydroxylation sites is 2. The molecule has 1 unspecified atom stereocenters. The van der Waals surface area contributed by atoms with Crippen molar-refractivity contribution in [3.05, 3.63) is 59.7 Å². The van der Waals surface area contributed by atoms with Gasteiger partial charge in [0, 0.05) is 0 Å². The van der Waals surface area contributed by atoms with Gasteiger partial charge in [-0.2, -0.15) is 0 Å². The number of benzene rings is 2. The zero-order chi connectivity index (χ0) is 18.3. The molecule has 0 bridgehead atoms. The molecule has 1 atom stereocenters. The summed E-state index contributed by atoms with van der Waals surface area (Å²) in [6.45, 7) is 2.11. The van der Waals surface area contributed by atoms with Gasteiger partial charge in [0.1, 0.15) is 18.4 Å². The Bertz CT molecular complexity index is 873. The van der Waals surface area contributed by atoms with Crippen molar-refractivity contribution in [1.29, 1.82) is 0 Å². The van der Waals surface area contributed by atoms with Crippen LogP contribution in [0, 0.1) is 0 Å².